The van der Waals surface area contributed by atoms with Crippen molar-refractivity contribution < 1.29 is 13.5 Å². The molecule has 0 saturated heterocycles. The average Bonchev–Trinajstić information content (AvgIpc) is 3.26. The molecular weight excluding hydrogens is 473 g/mol. The minimum atomic E-state index is -0.513. The van der Waals surface area contributed by atoms with Crippen molar-refractivity contribution in [2.24, 2.45) is 0 Å². The number of ether oxygens (including phenoxy) is 1. The van der Waals surface area contributed by atoms with Crippen LogP contribution in [0.5, 0.6) is 5.75 Å². The van der Waals surface area contributed by atoms with E-state index in [9.17, 15) is 8.78 Å². The number of aromatic amines is 1. The van der Waals surface area contributed by atoms with Crippen LogP contribution in [0, 0.1) is 11.6 Å². The van der Waals surface area contributed by atoms with Gasteiger partial charge in [-0.1, -0.05) is 47.5 Å². The van der Waals surface area contributed by atoms with E-state index in [2.05, 4.69) is 9.97 Å². The summed E-state index contributed by atoms with van der Waals surface area (Å²) in [6.45, 7) is 0. The van der Waals surface area contributed by atoms with Crippen molar-refractivity contribution in [1.29, 1.82) is 0 Å². The van der Waals surface area contributed by atoms with Crippen molar-refractivity contribution in [3.8, 4) is 5.75 Å². The molecule has 0 fully saturated rings. The van der Waals surface area contributed by atoms with Crippen LogP contribution in [-0.2, 0) is 5.75 Å². The van der Waals surface area contributed by atoms with Gasteiger partial charge in [-0.15, -0.1) is 11.8 Å². The van der Waals surface area contributed by atoms with Crippen LogP contribution in [-0.4, -0.2) is 17.1 Å². The molecule has 0 bridgehead atoms. The molecule has 32 heavy (non-hydrogen) atoms. The van der Waals surface area contributed by atoms with Gasteiger partial charge in [0.1, 0.15) is 23.2 Å². The minimum absolute atomic E-state index is 0.00127. The van der Waals surface area contributed by atoms with Crippen LogP contribution >= 0.6 is 35.0 Å². The molecule has 1 heterocycles. The van der Waals surface area contributed by atoms with Crippen molar-refractivity contribution in [1.82, 2.24) is 9.97 Å². The first-order valence-electron chi connectivity index (χ1n) is 9.65. The van der Waals surface area contributed by atoms with E-state index in [0.717, 1.165) is 22.1 Å². The predicted octanol–water partition coefficient (Wildman–Crippen LogP) is 7.48. The average molecular weight is 491 g/mol. The van der Waals surface area contributed by atoms with Crippen molar-refractivity contribution in [2.75, 3.05) is 7.11 Å². The molecule has 8 heteroatoms. The molecule has 1 aromatic heterocycles. The number of H-pyrrole nitrogens is 1. The quantitative estimate of drug-likeness (QED) is 0.273. The van der Waals surface area contributed by atoms with E-state index in [1.165, 1.54) is 12.1 Å². The van der Waals surface area contributed by atoms with Gasteiger partial charge < -0.3 is 9.72 Å². The molecular formula is C24H18Cl2F2N2OS. The Morgan fingerprint density at radius 3 is 2.06 bits per heavy atom. The van der Waals surface area contributed by atoms with Crippen molar-refractivity contribution in [3.63, 3.8) is 0 Å². The van der Waals surface area contributed by atoms with E-state index in [0.29, 0.717) is 17.0 Å². The van der Waals surface area contributed by atoms with Gasteiger partial charge in [-0.3, -0.25) is 0 Å². The molecule has 0 aliphatic carbocycles. The lowest BCUT2D eigenvalue weighted by molar-refractivity contribution is 0.414. The Bertz CT molecular complexity index is 1180. The van der Waals surface area contributed by atoms with Crippen molar-refractivity contribution in [3.05, 3.63) is 111 Å². The number of thioether (sulfide) groups is 1. The van der Waals surface area contributed by atoms with E-state index in [-0.39, 0.29) is 10.0 Å². The second kappa shape index (κ2) is 9.94. The highest BCUT2D eigenvalue weighted by Crippen LogP contribution is 2.35. The summed E-state index contributed by atoms with van der Waals surface area (Å²) in [6.07, 6.45) is 1.74. The summed E-state index contributed by atoms with van der Waals surface area (Å²) in [4.78, 5) is 7.87. The summed E-state index contributed by atoms with van der Waals surface area (Å²) >= 11 is 13.7. The maximum atomic E-state index is 13.8. The standard InChI is InChI=1S/C24H18Cl2F2N2OS/c1-31-17-6-2-14(3-7-17)13-32-22-12-29-24(30-22)23(15-4-8-20(27)18(25)10-15)16-5-9-21(28)19(26)11-16/h2-12,23H,13H2,1H3,(H,29,30). The number of nitrogens with one attached hydrogen (secondary N) is 1. The normalized spacial score (nSPS) is 11.2. The molecule has 0 aliphatic heterocycles. The summed E-state index contributed by atoms with van der Waals surface area (Å²) < 4.78 is 32.7. The number of hydrogen-bond donors (Lipinski definition) is 1. The number of hydrogen-bond acceptors (Lipinski definition) is 3. The van der Waals surface area contributed by atoms with E-state index in [1.807, 2.05) is 24.3 Å². The summed E-state index contributed by atoms with van der Waals surface area (Å²) in [6, 6.07) is 16.8. The Hall–Kier alpha value is -2.54. The van der Waals surface area contributed by atoms with Gasteiger partial charge >= 0.3 is 0 Å². The van der Waals surface area contributed by atoms with Gasteiger partial charge in [0.25, 0.3) is 0 Å². The summed E-state index contributed by atoms with van der Waals surface area (Å²) in [5, 5.41) is 0.866. The fourth-order valence-electron chi connectivity index (χ4n) is 3.31. The van der Waals surface area contributed by atoms with E-state index < -0.39 is 17.6 Å². The molecule has 4 rings (SSSR count). The molecule has 0 unspecified atom stereocenters. The Labute approximate surface area is 198 Å². The molecule has 164 valence electrons. The highest BCUT2D eigenvalue weighted by atomic mass is 35.5. The number of halogens is 4. The lowest BCUT2D eigenvalue weighted by Gasteiger charge is -2.17. The van der Waals surface area contributed by atoms with E-state index in [1.54, 1.807) is 49.3 Å². The van der Waals surface area contributed by atoms with Crippen LogP contribution < -0.4 is 4.74 Å². The molecule has 4 aromatic rings. The molecule has 0 saturated carbocycles. The van der Waals surface area contributed by atoms with Crippen LogP contribution in [0.15, 0.2) is 71.9 Å². The molecule has 3 nitrogen and oxygen atoms in total. The zero-order chi connectivity index (χ0) is 22.7. The highest BCUT2D eigenvalue weighted by Gasteiger charge is 2.22. The smallest absolute Gasteiger partial charge is 0.141 e. The number of benzene rings is 3. The number of imidazole rings is 1. The predicted molar refractivity (Wildman–Crippen MR) is 125 cm³/mol. The number of nitrogens with zero attached hydrogens (tertiary/aromatic N) is 1. The van der Waals surface area contributed by atoms with Gasteiger partial charge in [-0.05, 0) is 53.1 Å². The lowest BCUT2D eigenvalue weighted by atomic mass is 9.90. The van der Waals surface area contributed by atoms with Crippen LogP contribution in [0.4, 0.5) is 8.78 Å². The van der Waals surface area contributed by atoms with Crippen LogP contribution in [0.1, 0.15) is 28.4 Å². The first-order chi connectivity index (χ1) is 15.4. The maximum Gasteiger partial charge on any atom is 0.141 e. The summed E-state index contributed by atoms with van der Waals surface area (Å²) in [7, 11) is 1.63. The topological polar surface area (TPSA) is 37.9 Å². The Morgan fingerprint density at radius 1 is 0.938 bits per heavy atom. The second-order valence-corrected chi connectivity index (χ2v) is 8.88. The van der Waals surface area contributed by atoms with Crippen LogP contribution in [0.3, 0.4) is 0 Å². The Morgan fingerprint density at radius 2 is 1.53 bits per heavy atom. The zero-order valence-corrected chi connectivity index (χ0v) is 19.2. The zero-order valence-electron chi connectivity index (χ0n) is 16.9. The van der Waals surface area contributed by atoms with Gasteiger partial charge in [0, 0.05) is 5.75 Å². The van der Waals surface area contributed by atoms with Gasteiger partial charge in [0.05, 0.1) is 34.3 Å². The van der Waals surface area contributed by atoms with Crippen molar-refractivity contribution >= 4 is 35.0 Å². The number of methoxy groups -OCH3 is 1. The third kappa shape index (κ3) is 5.09. The van der Waals surface area contributed by atoms with Gasteiger partial charge in [-0.25, -0.2) is 13.8 Å². The maximum absolute atomic E-state index is 13.8. The van der Waals surface area contributed by atoms with Crippen LogP contribution in [0.2, 0.25) is 10.0 Å². The molecule has 1 N–H and O–H groups in total. The van der Waals surface area contributed by atoms with E-state index >= 15 is 0 Å². The second-order valence-electron chi connectivity index (χ2n) is 7.05. The SMILES string of the molecule is COc1ccc(CSc2cnc(C(c3ccc(F)c(Cl)c3)c3ccc(F)c(Cl)c3)[nH]2)cc1. The molecule has 0 amide bonds. The lowest BCUT2D eigenvalue weighted by Crippen LogP contribution is -2.06. The molecule has 0 aliphatic rings. The van der Waals surface area contributed by atoms with E-state index in [4.69, 9.17) is 27.9 Å². The third-order valence-electron chi connectivity index (χ3n) is 4.95. The summed E-state index contributed by atoms with van der Waals surface area (Å²) in [5.74, 6) is 0.708. The highest BCUT2D eigenvalue weighted by molar-refractivity contribution is 7.98. The first-order valence-corrected chi connectivity index (χ1v) is 11.4. The van der Waals surface area contributed by atoms with Crippen LogP contribution in [0.25, 0.3) is 0 Å². The number of rotatable bonds is 7. The van der Waals surface area contributed by atoms with Gasteiger partial charge in [0.15, 0.2) is 0 Å². The molecule has 3 aromatic carbocycles. The molecule has 0 spiro atoms. The van der Waals surface area contributed by atoms with Gasteiger partial charge in [0.2, 0.25) is 0 Å². The summed E-state index contributed by atoms with van der Waals surface area (Å²) in [5.41, 5.74) is 2.55. The fraction of sp³-hybridized carbons (Fsp3) is 0.125. The third-order valence-corrected chi connectivity index (χ3v) is 6.53. The first kappa shape index (κ1) is 22.6. The molecule has 0 atom stereocenters. The minimum Gasteiger partial charge on any atom is -0.497 e. The Kier molecular flexibility index (Phi) is 7.04. The van der Waals surface area contributed by atoms with Gasteiger partial charge in [-0.2, -0.15) is 0 Å². The van der Waals surface area contributed by atoms with Crippen molar-refractivity contribution in [2.45, 2.75) is 16.7 Å². The fourth-order valence-corrected chi connectivity index (χ4v) is 4.51. The molecule has 0 radical (unpaired) electrons. The largest absolute Gasteiger partial charge is 0.497 e. The Balaban J connectivity index is 1.63. The number of aromatic nitrogens is 2. The monoisotopic (exact) mass is 490 g/mol.